The molecule has 0 heterocycles. The maximum Gasteiger partial charge on any atom is 0.0677 e. The molecule has 2 aromatic carbocycles. The number of rotatable bonds is 7. The van der Waals surface area contributed by atoms with Crippen LogP contribution in [0.3, 0.4) is 0 Å². The normalized spacial score (nSPS) is 11.5. The summed E-state index contributed by atoms with van der Waals surface area (Å²) in [5, 5.41) is 0. The number of thioether (sulfide) groups is 2. The van der Waals surface area contributed by atoms with Crippen molar-refractivity contribution in [1.29, 1.82) is 0 Å². The van der Waals surface area contributed by atoms with Gasteiger partial charge in [0.25, 0.3) is 0 Å². The van der Waals surface area contributed by atoms with Crippen molar-refractivity contribution >= 4 is 23.5 Å². The van der Waals surface area contributed by atoms with Crippen LogP contribution >= 0.6 is 23.5 Å². The van der Waals surface area contributed by atoms with Crippen molar-refractivity contribution in [2.24, 2.45) is 0 Å². The molecule has 0 bridgehead atoms. The van der Waals surface area contributed by atoms with Crippen LogP contribution in [0.15, 0.2) is 70.5 Å². The maximum absolute atomic E-state index is 2.37. The maximum atomic E-state index is 2.37. The first-order valence-corrected chi connectivity index (χ1v) is 8.83. The van der Waals surface area contributed by atoms with E-state index in [1.165, 1.54) is 29.1 Å². The molecular formula is C18H22S2. The van der Waals surface area contributed by atoms with E-state index in [1.54, 1.807) is 0 Å². The third-order valence-electron chi connectivity index (χ3n) is 3.14. The van der Waals surface area contributed by atoms with Crippen LogP contribution in [0.2, 0.25) is 0 Å². The topological polar surface area (TPSA) is 0 Å². The number of benzene rings is 2. The van der Waals surface area contributed by atoms with Crippen LogP contribution in [0.5, 0.6) is 0 Å². The lowest BCUT2D eigenvalue weighted by Gasteiger charge is -2.28. The van der Waals surface area contributed by atoms with E-state index in [0.717, 1.165) is 0 Å². The Labute approximate surface area is 131 Å². The van der Waals surface area contributed by atoms with Gasteiger partial charge in [-0.3, -0.25) is 0 Å². The van der Waals surface area contributed by atoms with Gasteiger partial charge in [0.1, 0.15) is 0 Å². The molecule has 2 rings (SSSR count). The molecule has 0 atom stereocenters. The van der Waals surface area contributed by atoms with Crippen LogP contribution in [0.25, 0.3) is 0 Å². The van der Waals surface area contributed by atoms with Crippen LogP contribution in [0.1, 0.15) is 33.1 Å². The molecular weight excluding hydrogens is 280 g/mol. The van der Waals surface area contributed by atoms with E-state index in [-0.39, 0.29) is 4.08 Å². The Morgan fingerprint density at radius 1 is 0.800 bits per heavy atom. The fourth-order valence-corrected chi connectivity index (χ4v) is 4.92. The quantitative estimate of drug-likeness (QED) is 0.424. The van der Waals surface area contributed by atoms with Gasteiger partial charge in [-0.1, -0.05) is 56.2 Å². The molecule has 20 heavy (non-hydrogen) atoms. The van der Waals surface area contributed by atoms with Crippen molar-refractivity contribution in [1.82, 2.24) is 0 Å². The second-order valence-electron chi connectivity index (χ2n) is 5.07. The minimum Gasteiger partial charge on any atom is -0.108 e. The lowest BCUT2D eigenvalue weighted by Crippen LogP contribution is -2.14. The molecule has 0 aliphatic heterocycles. The highest BCUT2D eigenvalue weighted by atomic mass is 32.2. The van der Waals surface area contributed by atoms with Gasteiger partial charge in [0, 0.05) is 9.79 Å². The summed E-state index contributed by atoms with van der Waals surface area (Å²) in [6.07, 6.45) is 3.75. The van der Waals surface area contributed by atoms with Gasteiger partial charge in [-0.2, -0.15) is 0 Å². The highest BCUT2D eigenvalue weighted by molar-refractivity contribution is 8.18. The smallest absolute Gasteiger partial charge is 0.0677 e. The molecule has 2 heteroatoms. The second-order valence-corrected chi connectivity index (χ2v) is 8.48. The van der Waals surface area contributed by atoms with Gasteiger partial charge in [-0.25, -0.2) is 0 Å². The molecule has 106 valence electrons. The summed E-state index contributed by atoms with van der Waals surface area (Å²) in [7, 11) is 0. The molecule has 0 N–H and O–H groups in total. The molecule has 0 saturated carbocycles. The first-order valence-electron chi connectivity index (χ1n) is 7.20. The van der Waals surface area contributed by atoms with Crippen molar-refractivity contribution < 1.29 is 0 Å². The molecule has 0 aliphatic rings. The van der Waals surface area contributed by atoms with E-state index in [1.807, 2.05) is 23.5 Å². The third kappa shape index (κ3) is 4.92. The van der Waals surface area contributed by atoms with Gasteiger partial charge in [0.15, 0.2) is 0 Å². The zero-order chi connectivity index (χ0) is 14.3. The van der Waals surface area contributed by atoms with Crippen LogP contribution in [0.4, 0.5) is 0 Å². The zero-order valence-electron chi connectivity index (χ0n) is 12.2. The van der Waals surface area contributed by atoms with Gasteiger partial charge in [-0.15, -0.1) is 23.5 Å². The van der Waals surface area contributed by atoms with E-state index >= 15 is 0 Å². The summed E-state index contributed by atoms with van der Waals surface area (Å²) in [5.74, 6) is 0. The number of hydrogen-bond donors (Lipinski definition) is 0. The summed E-state index contributed by atoms with van der Waals surface area (Å²) in [6.45, 7) is 4.64. The monoisotopic (exact) mass is 302 g/mol. The Morgan fingerprint density at radius 3 is 1.65 bits per heavy atom. The number of unbranched alkanes of at least 4 members (excludes halogenated alkanes) is 1. The van der Waals surface area contributed by atoms with Gasteiger partial charge >= 0.3 is 0 Å². The summed E-state index contributed by atoms with van der Waals surface area (Å²) < 4.78 is 0.193. The molecule has 0 amide bonds. The lowest BCUT2D eigenvalue weighted by atomic mass is 10.2. The van der Waals surface area contributed by atoms with Gasteiger partial charge in [-0.05, 0) is 37.6 Å². The first kappa shape index (κ1) is 15.5. The molecule has 0 saturated heterocycles. The zero-order valence-corrected chi connectivity index (χ0v) is 13.8. The predicted octanol–water partition coefficient (Wildman–Crippen LogP) is 6.48. The van der Waals surface area contributed by atoms with Crippen LogP contribution in [-0.4, -0.2) is 4.08 Å². The summed E-state index contributed by atoms with van der Waals surface area (Å²) in [5.41, 5.74) is 0. The summed E-state index contributed by atoms with van der Waals surface area (Å²) in [4.78, 5) is 2.71. The second kappa shape index (κ2) is 7.80. The predicted molar refractivity (Wildman–Crippen MR) is 92.5 cm³/mol. The number of hydrogen-bond acceptors (Lipinski definition) is 2. The largest absolute Gasteiger partial charge is 0.108 e. The molecule has 0 fully saturated rings. The van der Waals surface area contributed by atoms with E-state index < -0.39 is 0 Å². The Bertz CT molecular complexity index is 452. The molecule has 0 aliphatic carbocycles. The van der Waals surface area contributed by atoms with Crippen molar-refractivity contribution in [3.05, 3.63) is 60.7 Å². The minimum atomic E-state index is 0.193. The minimum absolute atomic E-state index is 0.193. The van der Waals surface area contributed by atoms with Crippen molar-refractivity contribution in [3.8, 4) is 0 Å². The summed E-state index contributed by atoms with van der Waals surface area (Å²) >= 11 is 3.98. The van der Waals surface area contributed by atoms with Crippen molar-refractivity contribution in [2.75, 3.05) is 0 Å². The van der Waals surface area contributed by atoms with Gasteiger partial charge in [0.05, 0.1) is 4.08 Å². The molecule has 0 aromatic heterocycles. The molecule has 0 radical (unpaired) electrons. The van der Waals surface area contributed by atoms with Crippen molar-refractivity contribution in [3.63, 3.8) is 0 Å². The third-order valence-corrected chi connectivity index (χ3v) is 5.93. The average molecular weight is 303 g/mol. The molecule has 0 nitrogen and oxygen atoms in total. The molecule has 2 aromatic rings. The fourth-order valence-electron chi connectivity index (χ4n) is 2.10. The fraction of sp³-hybridized carbons (Fsp3) is 0.333. The highest BCUT2D eigenvalue weighted by Gasteiger charge is 2.26. The summed E-state index contributed by atoms with van der Waals surface area (Å²) in [6, 6.07) is 21.5. The molecule has 0 unspecified atom stereocenters. The van der Waals surface area contributed by atoms with Gasteiger partial charge in [0.2, 0.25) is 0 Å². The SMILES string of the molecule is CCCCC(C)(Sc1ccccc1)Sc1ccccc1. The molecule has 0 spiro atoms. The van der Waals surface area contributed by atoms with Gasteiger partial charge < -0.3 is 0 Å². The van der Waals surface area contributed by atoms with Crippen molar-refractivity contribution in [2.45, 2.75) is 47.0 Å². The Balaban J connectivity index is 2.12. The Morgan fingerprint density at radius 2 is 1.25 bits per heavy atom. The Kier molecular flexibility index (Phi) is 6.06. The van der Waals surface area contributed by atoms with E-state index in [0.29, 0.717) is 0 Å². The average Bonchev–Trinajstić information content (AvgIpc) is 2.47. The first-order chi connectivity index (χ1) is 9.72. The van der Waals surface area contributed by atoms with Crippen LogP contribution in [0, 0.1) is 0 Å². The van der Waals surface area contributed by atoms with Crippen LogP contribution < -0.4 is 0 Å². The van der Waals surface area contributed by atoms with Crippen LogP contribution in [-0.2, 0) is 0 Å². The van der Waals surface area contributed by atoms with E-state index in [9.17, 15) is 0 Å². The lowest BCUT2D eigenvalue weighted by molar-refractivity contribution is 0.684. The highest BCUT2D eigenvalue weighted by Crippen LogP contribution is 2.48. The van der Waals surface area contributed by atoms with E-state index in [2.05, 4.69) is 74.5 Å². The van der Waals surface area contributed by atoms with E-state index in [4.69, 9.17) is 0 Å². The standard InChI is InChI=1S/C18H22S2/c1-3-4-15-18(2,19-16-11-7-5-8-12-16)20-17-13-9-6-10-14-17/h5-14H,3-4,15H2,1-2H3. The Hall–Kier alpha value is -0.860.